The van der Waals surface area contributed by atoms with Gasteiger partial charge in [0.1, 0.15) is 0 Å². The third-order valence-corrected chi connectivity index (χ3v) is 3.19. The predicted octanol–water partition coefficient (Wildman–Crippen LogP) is 1.43. The van der Waals surface area contributed by atoms with Crippen molar-refractivity contribution in [2.24, 2.45) is 11.0 Å². The minimum absolute atomic E-state index is 0.122. The highest BCUT2D eigenvalue weighted by atomic mass is 16.2. The van der Waals surface area contributed by atoms with Gasteiger partial charge >= 0.3 is 0 Å². The molecule has 76 valence electrons. The Morgan fingerprint density at radius 3 is 3.00 bits per heavy atom. The number of fused-ring (bicyclic) bond motifs is 3. The monoisotopic (exact) mass is 200 g/mol. The molecule has 0 bridgehead atoms. The van der Waals surface area contributed by atoms with Crippen LogP contribution in [0.25, 0.3) is 0 Å². The Labute approximate surface area is 88.4 Å². The molecule has 1 aromatic rings. The van der Waals surface area contributed by atoms with Crippen LogP contribution in [0.5, 0.6) is 0 Å². The van der Waals surface area contributed by atoms with Gasteiger partial charge in [0.05, 0.1) is 5.71 Å². The normalized spacial score (nSPS) is 23.5. The van der Waals surface area contributed by atoms with Gasteiger partial charge in [0, 0.05) is 24.9 Å². The summed E-state index contributed by atoms with van der Waals surface area (Å²) in [6.45, 7) is 0. The zero-order chi connectivity index (χ0) is 10.4. The van der Waals surface area contributed by atoms with Crippen molar-refractivity contribution in [1.82, 2.24) is 5.01 Å². The second-order valence-corrected chi connectivity index (χ2v) is 4.16. The molecule has 0 fully saturated rings. The van der Waals surface area contributed by atoms with E-state index >= 15 is 0 Å². The summed E-state index contributed by atoms with van der Waals surface area (Å²) in [5.74, 6) is 0.433. The Bertz CT molecular complexity index is 464. The molecule has 1 heterocycles. The number of benzene rings is 1. The highest BCUT2D eigenvalue weighted by Crippen LogP contribution is 2.32. The molecular weight excluding hydrogens is 188 g/mol. The van der Waals surface area contributed by atoms with Crippen molar-refractivity contribution in [2.75, 3.05) is 7.05 Å². The highest BCUT2D eigenvalue weighted by molar-refractivity contribution is 6.09. The number of carbonyl (C=O) groups is 1. The van der Waals surface area contributed by atoms with Crippen molar-refractivity contribution in [1.29, 1.82) is 0 Å². The van der Waals surface area contributed by atoms with E-state index < -0.39 is 0 Å². The lowest BCUT2D eigenvalue weighted by Crippen LogP contribution is -2.33. The summed E-state index contributed by atoms with van der Waals surface area (Å²) >= 11 is 0. The summed E-state index contributed by atoms with van der Waals surface area (Å²) < 4.78 is 0. The standard InChI is InChI=1S/C12H12N2O/c1-14-11(15)7-9-6-8-4-2-3-5-10(8)12(9)13-14/h2-5,9H,6-7H2,1H3. The molecule has 0 N–H and O–H groups in total. The van der Waals surface area contributed by atoms with Gasteiger partial charge in [0.15, 0.2) is 0 Å². The van der Waals surface area contributed by atoms with E-state index in [1.165, 1.54) is 16.1 Å². The molecular formula is C12H12N2O. The van der Waals surface area contributed by atoms with Crippen molar-refractivity contribution >= 4 is 11.6 Å². The third-order valence-electron chi connectivity index (χ3n) is 3.19. The maximum Gasteiger partial charge on any atom is 0.243 e. The van der Waals surface area contributed by atoms with Crippen molar-refractivity contribution in [3.05, 3.63) is 35.4 Å². The van der Waals surface area contributed by atoms with E-state index in [2.05, 4.69) is 17.2 Å². The summed E-state index contributed by atoms with van der Waals surface area (Å²) in [6, 6.07) is 8.29. The van der Waals surface area contributed by atoms with E-state index in [4.69, 9.17) is 0 Å². The Kier molecular flexibility index (Phi) is 1.69. The average Bonchev–Trinajstić information content (AvgIpc) is 2.57. The maximum atomic E-state index is 11.5. The molecule has 0 spiro atoms. The Balaban J connectivity index is 2.11. The van der Waals surface area contributed by atoms with Gasteiger partial charge in [0.2, 0.25) is 5.91 Å². The highest BCUT2D eigenvalue weighted by Gasteiger charge is 2.34. The van der Waals surface area contributed by atoms with Gasteiger partial charge in [-0.2, -0.15) is 5.10 Å². The molecule has 0 aromatic heterocycles. The largest absolute Gasteiger partial charge is 0.273 e. The SMILES string of the molecule is CN1N=C2c3ccccc3CC2CC1=O. The zero-order valence-corrected chi connectivity index (χ0v) is 8.60. The summed E-state index contributed by atoms with van der Waals surface area (Å²) in [6.07, 6.45) is 1.57. The molecule has 3 nitrogen and oxygen atoms in total. The summed E-state index contributed by atoms with van der Waals surface area (Å²) in [4.78, 5) is 11.5. The molecule has 1 unspecified atom stereocenters. The van der Waals surface area contributed by atoms with E-state index in [9.17, 15) is 4.79 Å². The van der Waals surface area contributed by atoms with E-state index in [-0.39, 0.29) is 5.91 Å². The fraction of sp³-hybridized carbons (Fsp3) is 0.333. The summed E-state index contributed by atoms with van der Waals surface area (Å²) in [5.41, 5.74) is 3.64. The molecule has 1 aliphatic heterocycles. The van der Waals surface area contributed by atoms with Crippen molar-refractivity contribution in [2.45, 2.75) is 12.8 Å². The van der Waals surface area contributed by atoms with Crippen LogP contribution in [0, 0.1) is 5.92 Å². The van der Waals surface area contributed by atoms with Crippen molar-refractivity contribution in [3.63, 3.8) is 0 Å². The number of hydrogen-bond donors (Lipinski definition) is 0. The lowest BCUT2D eigenvalue weighted by Gasteiger charge is -2.22. The second kappa shape index (κ2) is 2.92. The van der Waals surface area contributed by atoms with E-state index in [1.807, 2.05) is 12.1 Å². The zero-order valence-electron chi connectivity index (χ0n) is 8.60. The molecule has 1 atom stereocenters. The van der Waals surface area contributed by atoms with Crippen LogP contribution in [-0.2, 0) is 11.2 Å². The first-order chi connectivity index (χ1) is 7.25. The molecule has 0 saturated carbocycles. The maximum absolute atomic E-state index is 11.5. The van der Waals surface area contributed by atoms with Gasteiger partial charge < -0.3 is 0 Å². The van der Waals surface area contributed by atoms with Crippen LogP contribution in [0.1, 0.15) is 17.5 Å². The van der Waals surface area contributed by atoms with E-state index in [0.29, 0.717) is 12.3 Å². The van der Waals surface area contributed by atoms with Crippen LogP contribution < -0.4 is 0 Å². The first-order valence-corrected chi connectivity index (χ1v) is 5.19. The smallest absolute Gasteiger partial charge is 0.243 e. The van der Waals surface area contributed by atoms with Gasteiger partial charge in [-0.05, 0) is 12.0 Å². The van der Waals surface area contributed by atoms with Crippen LogP contribution in [-0.4, -0.2) is 23.7 Å². The van der Waals surface area contributed by atoms with Crippen LogP contribution in [0.2, 0.25) is 0 Å². The van der Waals surface area contributed by atoms with Gasteiger partial charge in [-0.3, -0.25) is 4.79 Å². The fourth-order valence-corrected chi connectivity index (χ4v) is 2.39. The van der Waals surface area contributed by atoms with Gasteiger partial charge in [-0.15, -0.1) is 0 Å². The van der Waals surface area contributed by atoms with Gasteiger partial charge in [-0.25, -0.2) is 5.01 Å². The molecule has 1 aliphatic carbocycles. The second-order valence-electron chi connectivity index (χ2n) is 4.16. The van der Waals surface area contributed by atoms with E-state index in [1.54, 1.807) is 7.05 Å². The Morgan fingerprint density at radius 2 is 2.13 bits per heavy atom. The first kappa shape index (κ1) is 8.65. The van der Waals surface area contributed by atoms with Crippen LogP contribution in [0.3, 0.4) is 0 Å². The molecule has 1 aromatic carbocycles. The Morgan fingerprint density at radius 1 is 1.33 bits per heavy atom. The minimum atomic E-state index is 0.122. The average molecular weight is 200 g/mol. The minimum Gasteiger partial charge on any atom is -0.273 e. The van der Waals surface area contributed by atoms with Crippen molar-refractivity contribution in [3.8, 4) is 0 Å². The Hall–Kier alpha value is -1.64. The number of amides is 1. The summed E-state index contributed by atoms with van der Waals surface area (Å²) in [7, 11) is 1.73. The number of nitrogens with zero attached hydrogens (tertiary/aromatic N) is 2. The van der Waals surface area contributed by atoms with Gasteiger partial charge in [0.25, 0.3) is 0 Å². The van der Waals surface area contributed by atoms with Crippen molar-refractivity contribution < 1.29 is 4.79 Å². The molecule has 0 radical (unpaired) electrons. The third kappa shape index (κ3) is 1.19. The van der Waals surface area contributed by atoms with Crippen LogP contribution >= 0.6 is 0 Å². The topological polar surface area (TPSA) is 32.7 Å². The van der Waals surface area contributed by atoms with E-state index in [0.717, 1.165) is 12.1 Å². The summed E-state index contributed by atoms with van der Waals surface area (Å²) in [5, 5.41) is 5.83. The van der Waals surface area contributed by atoms with Crippen LogP contribution in [0.15, 0.2) is 29.4 Å². The lowest BCUT2D eigenvalue weighted by atomic mass is 9.98. The fourth-order valence-electron chi connectivity index (χ4n) is 2.39. The number of hydrogen-bond acceptors (Lipinski definition) is 2. The molecule has 0 saturated heterocycles. The molecule has 1 amide bonds. The molecule has 2 aliphatic rings. The first-order valence-electron chi connectivity index (χ1n) is 5.19. The number of carbonyl (C=O) groups excluding carboxylic acids is 1. The van der Waals surface area contributed by atoms with Crippen LogP contribution in [0.4, 0.5) is 0 Å². The molecule has 3 rings (SSSR count). The van der Waals surface area contributed by atoms with Gasteiger partial charge in [-0.1, -0.05) is 24.3 Å². The molecule has 15 heavy (non-hydrogen) atoms. The lowest BCUT2D eigenvalue weighted by molar-refractivity contribution is -0.131. The quantitative estimate of drug-likeness (QED) is 0.623. The number of hydrazone groups is 1. The molecule has 3 heteroatoms. The predicted molar refractivity (Wildman–Crippen MR) is 57.6 cm³/mol. The number of rotatable bonds is 0.